The Morgan fingerprint density at radius 2 is 1.91 bits per heavy atom. The average Bonchev–Trinajstić information content (AvgIpc) is 3.19. The van der Waals surface area contributed by atoms with E-state index in [4.69, 9.17) is 24.0 Å². The fourth-order valence-electron chi connectivity index (χ4n) is 3.64. The summed E-state index contributed by atoms with van der Waals surface area (Å²) in [6, 6.07) is 0. The summed E-state index contributed by atoms with van der Waals surface area (Å²) < 4.78 is 36.9. The molecule has 4 N–H and O–H groups in total. The molecule has 13 heteroatoms. The number of anilines is 1. The number of aliphatic hydroxyl groups excluding tert-OH is 2. The third-order valence-electron chi connectivity index (χ3n) is 5.13. The number of nitrogen functional groups attached to an aromatic ring is 1. The third-order valence-corrected chi connectivity index (χ3v) is 6.95. The molecule has 0 aromatic carbocycles. The SMILES string of the molecule is Cc1nc(N)c2ncn([C@@H]3O[C@H](COP(=O)(OC(C)C)OC(C)C)C(O)[C@]3(C)CO)c2n1. The van der Waals surface area contributed by atoms with E-state index in [9.17, 15) is 14.8 Å². The molecule has 4 atom stereocenters. The molecule has 0 spiro atoms. The van der Waals surface area contributed by atoms with E-state index in [2.05, 4.69) is 15.0 Å². The number of hydrogen-bond acceptors (Lipinski definition) is 11. The van der Waals surface area contributed by atoms with Crippen LogP contribution in [-0.4, -0.2) is 67.4 Å². The number of aliphatic hydroxyl groups is 2. The number of imidazole rings is 1. The van der Waals surface area contributed by atoms with Crippen molar-refractivity contribution in [2.45, 2.75) is 72.2 Å². The van der Waals surface area contributed by atoms with Crippen molar-refractivity contribution in [3.05, 3.63) is 12.2 Å². The number of nitrogens with two attached hydrogens (primary N) is 1. The van der Waals surface area contributed by atoms with Crippen LogP contribution in [0.25, 0.3) is 11.2 Å². The fourth-order valence-corrected chi connectivity index (χ4v) is 5.18. The van der Waals surface area contributed by atoms with Crippen LogP contribution in [0.3, 0.4) is 0 Å². The monoisotopic (exact) mass is 473 g/mol. The van der Waals surface area contributed by atoms with Gasteiger partial charge in [-0.25, -0.2) is 19.5 Å². The van der Waals surface area contributed by atoms with Gasteiger partial charge in [0.05, 0.1) is 43.3 Å². The standard InChI is InChI=1S/C19H32N5O7P/c1-10(2)30-32(27,31-11(3)4)28-7-13-15(26)19(6,8-25)18(29-13)24-9-21-14-16(20)22-12(5)23-17(14)24/h9-11,13,15,18,25-26H,7-8H2,1-6H3,(H2,20,22,23)/t13-,15?,18-,19+/m1/s1. The summed E-state index contributed by atoms with van der Waals surface area (Å²) in [4.78, 5) is 12.8. The van der Waals surface area contributed by atoms with Crippen molar-refractivity contribution in [3.63, 3.8) is 0 Å². The van der Waals surface area contributed by atoms with E-state index in [0.29, 0.717) is 17.0 Å². The Labute approximate surface area is 186 Å². The van der Waals surface area contributed by atoms with Gasteiger partial charge < -0.3 is 20.7 Å². The summed E-state index contributed by atoms with van der Waals surface area (Å²) in [5.74, 6) is 0.659. The van der Waals surface area contributed by atoms with Gasteiger partial charge >= 0.3 is 7.82 Å². The van der Waals surface area contributed by atoms with Crippen LogP contribution in [0.2, 0.25) is 0 Å². The van der Waals surface area contributed by atoms with Crippen LogP contribution in [0.4, 0.5) is 5.82 Å². The van der Waals surface area contributed by atoms with Gasteiger partial charge in [-0.05, 0) is 34.6 Å². The van der Waals surface area contributed by atoms with E-state index in [1.807, 2.05) is 0 Å². The Kier molecular flexibility index (Phi) is 7.26. The lowest BCUT2D eigenvalue weighted by molar-refractivity contribution is -0.0616. The summed E-state index contributed by atoms with van der Waals surface area (Å²) in [5.41, 5.74) is 5.60. The van der Waals surface area contributed by atoms with Crippen molar-refractivity contribution in [1.29, 1.82) is 0 Å². The lowest BCUT2D eigenvalue weighted by Crippen LogP contribution is -2.41. The second-order valence-corrected chi connectivity index (χ2v) is 10.2. The molecule has 0 radical (unpaired) electrons. The minimum Gasteiger partial charge on any atom is -0.396 e. The molecule has 2 aromatic rings. The summed E-state index contributed by atoms with van der Waals surface area (Å²) >= 11 is 0. The number of hydrogen-bond donors (Lipinski definition) is 3. The highest BCUT2D eigenvalue weighted by Gasteiger charge is 2.54. The molecule has 1 aliphatic heterocycles. The number of phosphoric ester groups is 1. The van der Waals surface area contributed by atoms with Crippen molar-refractivity contribution >= 4 is 24.8 Å². The van der Waals surface area contributed by atoms with Crippen molar-refractivity contribution in [3.8, 4) is 0 Å². The topological polar surface area (TPSA) is 164 Å². The van der Waals surface area contributed by atoms with Crippen molar-refractivity contribution in [1.82, 2.24) is 19.5 Å². The van der Waals surface area contributed by atoms with Gasteiger partial charge in [-0.15, -0.1) is 0 Å². The molecule has 1 saturated heterocycles. The normalized spacial score (nSPS) is 26.6. The number of aromatic nitrogens is 4. The lowest BCUT2D eigenvalue weighted by atomic mass is 9.83. The first-order chi connectivity index (χ1) is 14.9. The Balaban J connectivity index is 1.88. The van der Waals surface area contributed by atoms with Gasteiger partial charge in [0, 0.05) is 0 Å². The molecule has 0 amide bonds. The van der Waals surface area contributed by atoms with Gasteiger partial charge in [-0.3, -0.25) is 18.1 Å². The average molecular weight is 473 g/mol. The Morgan fingerprint density at radius 1 is 1.28 bits per heavy atom. The van der Waals surface area contributed by atoms with Gasteiger partial charge in [-0.1, -0.05) is 6.92 Å². The molecule has 1 fully saturated rings. The molecule has 0 saturated carbocycles. The minimum atomic E-state index is -3.90. The maximum Gasteiger partial charge on any atom is 0.475 e. The van der Waals surface area contributed by atoms with E-state index >= 15 is 0 Å². The number of aryl methyl sites for hydroxylation is 1. The molecular weight excluding hydrogens is 441 g/mol. The number of nitrogens with zero attached hydrogens (tertiary/aromatic N) is 4. The third kappa shape index (κ3) is 4.81. The Morgan fingerprint density at radius 3 is 2.47 bits per heavy atom. The second kappa shape index (κ2) is 9.30. The number of ether oxygens (including phenoxy) is 1. The highest BCUT2D eigenvalue weighted by Crippen LogP contribution is 2.53. The first-order valence-corrected chi connectivity index (χ1v) is 11.9. The highest BCUT2D eigenvalue weighted by atomic mass is 31.2. The van der Waals surface area contributed by atoms with Crippen LogP contribution in [0.1, 0.15) is 46.7 Å². The van der Waals surface area contributed by atoms with E-state index in [0.717, 1.165) is 0 Å². The summed E-state index contributed by atoms with van der Waals surface area (Å²) in [7, 11) is -3.90. The first kappa shape index (κ1) is 25.0. The molecule has 1 unspecified atom stereocenters. The smallest absolute Gasteiger partial charge is 0.396 e. The minimum absolute atomic E-state index is 0.216. The van der Waals surface area contributed by atoms with Crippen molar-refractivity contribution in [2.75, 3.05) is 18.9 Å². The van der Waals surface area contributed by atoms with E-state index < -0.39 is 50.5 Å². The number of rotatable bonds is 9. The van der Waals surface area contributed by atoms with Gasteiger partial charge in [0.1, 0.15) is 23.7 Å². The summed E-state index contributed by atoms with van der Waals surface area (Å²) in [6.45, 7) is 9.50. The van der Waals surface area contributed by atoms with Crippen LogP contribution < -0.4 is 5.73 Å². The fraction of sp³-hybridized carbons (Fsp3) is 0.737. The van der Waals surface area contributed by atoms with E-state index in [1.54, 1.807) is 46.1 Å². The maximum absolute atomic E-state index is 13.0. The molecule has 1 aliphatic rings. The number of fused-ring (bicyclic) bond motifs is 1. The largest absolute Gasteiger partial charge is 0.475 e. The van der Waals surface area contributed by atoms with Crippen molar-refractivity contribution in [2.24, 2.45) is 5.41 Å². The molecule has 0 aliphatic carbocycles. The molecule has 3 heterocycles. The maximum atomic E-state index is 13.0. The van der Waals surface area contributed by atoms with Gasteiger partial charge in [-0.2, -0.15) is 0 Å². The molecule has 0 bridgehead atoms. The molecular formula is C19H32N5O7P. The molecule has 2 aromatic heterocycles. The van der Waals surface area contributed by atoms with Gasteiger partial charge in [0.25, 0.3) is 0 Å². The Hall–Kier alpha value is -1.66. The second-order valence-electron chi connectivity index (χ2n) is 8.67. The molecule has 3 rings (SSSR count). The molecule has 12 nitrogen and oxygen atoms in total. The highest BCUT2D eigenvalue weighted by molar-refractivity contribution is 7.48. The predicted molar refractivity (Wildman–Crippen MR) is 116 cm³/mol. The number of phosphoric acid groups is 1. The van der Waals surface area contributed by atoms with Crippen LogP contribution >= 0.6 is 7.82 Å². The first-order valence-electron chi connectivity index (χ1n) is 10.4. The van der Waals surface area contributed by atoms with Crippen molar-refractivity contribution < 1.29 is 33.1 Å². The van der Waals surface area contributed by atoms with E-state index in [-0.39, 0.29) is 12.4 Å². The molecule has 32 heavy (non-hydrogen) atoms. The van der Waals surface area contributed by atoms with Crippen LogP contribution in [0.15, 0.2) is 6.33 Å². The zero-order chi connectivity index (χ0) is 23.8. The zero-order valence-electron chi connectivity index (χ0n) is 19.1. The zero-order valence-corrected chi connectivity index (χ0v) is 20.0. The van der Waals surface area contributed by atoms with Crippen LogP contribution in [0.5, 0.6) is 0 Å². The van der Waals surface area contributed by atoms with Gasteiger partial charge in [0.15, 0.2) is 11.5 Å². The summed E-state index contributed by atoms with van der Waals surface area (Å²) in [6.07, 6.45) is -2.30. The lowest BCUT2D eigenvalue weighted by Gasteiger charge is -2.31. The van der Waals surface area contributed by atoms with Crippen LogP contribution in [-0.2, 0) is 22.9 Å². The quantitative estimate of drug-likeness (QED) is 0.456. The Bertz CT molecular complexity index is 986. The van der Waals surface area contributed by atoms with E-state index in [1.165, 1.54) is 6.33 Å². The summed E-state index contributed by atoms with van der Waals surface area (Å²) in [5, 5.41) is 21.1. The molecule has 180 valence electrons. The van der Waals surface area contributed by atoms with Gasteiger partial charge in [0.2, 0.25) is 0 Å². The van der Waals surface area contributed by atoms with Crippen LogP contribution in [0, 0.1) is 12.3 Å². The predicted octanol–water partition coefficient (Wildman–Crippen LogP) is 1.95.